The minimum absolute atomic E-state index is 0.00398. The van der Waals surface area contributed by atoms with E-state index in [1.165, 1.54) is 19.2 Å². The minimum Gasteiger partial charge on any atom is -0.375 e. The predicted molar refractivity (Wildman–Crippen MR) is 84.4 cm³/mol. The maximum atomic E-state index is 13.1. The fourth-order valence-electron chi connectivity index (χ4n) is 3.24. The lowest BCUT2D eigenvalue weighted by atomic mass is 9.88. The lowest BCUT2D eigenvalue weighted by Crippen LogP contribution is -2.36. The van der Waals surface area contributed by atoms with Crippen molar-refractivity contribution in [3.63, 3.8) is 0 Å². The van der Waals surface area contributed by atoms with Crippen molar-refractivity contribution < 1.29 is 18.7 Å². The van der Waals surface area contributed by atoms with E-state index in [1.54, 1.807) is 31.1 Å². The maximum absolute atomic E-state index is 13.1. The van der Waals surface area contributed by atoms with Crippen LogP contribution < -0.4 is 5.32 Å². The summed E-state index contributed by atoms with van der Waals surface area (Å²) in [7, 11) is 4.91. The van der Waals surface area contributed by atoms with Gasteiger partial charge in [-0.05, 0) is 36.5 Å². The molecule has 0 spiro atoms. The van der Waals surface area contributed by atoms with E-state index in [1.807, 2.05) is 0 Å². The largest absolute Gasteiger partial charge is 0.375 e. The molecule has 1 N–H and O–H groups in total. The highest BCUT2D eigenvalue weighted by Crippen LogP contribution is 2.40. The average molecular weight is 322 g/mol. The molecule has 0 bridgehead atoms. The number of ether oxygens (including phenoxy) is 1. The van der Waals surface area contributed by atoms with Crippen molar-refractivity contribution in [1.29, 1.82) is 0 Å². The topological polar surface area (TPSA) is 58.6 Å². The molecule has 6 heteroatoms. The summed E-state index contributed by atoms with van der Waals surface area (Å²) in [5, 5.41) is 2.91. The van der Waals surface area contributed by atoms with Gasteiger partial charge in [0.25, 0.3) is 0 Å². The van der Waals surface area contributed by atoms with Crippen molar-refractivity contribution in [3.05, 3.63) is 35.6 Å². The number of benzene rings is 1. The van der Waals surface area contributed by atoms with Crippen LogP contribution in [0.15, 0.2) is 24.3 Å². The highest BCUT2D eigenvalue weighted by molar-refractivity contribution is 5.81. The van der Waals surface area contributed by atoms with Crippen molar-refractivity contribution >= 4 is 11.8 Å². The van der Waals surface area contributed by atoms with Crippen LogP contribution >= 0.6 is 0 Å². The molecule has 1 aliphatic carbocycles. The van der Waals surface area contributed by atoms with Gasteiger partial charge < -0.3 is 15.0 Å². The number of hydrogen-bond acceptors (Lipinski definition) is 3. The van der Waals surface area contributed by atoms with Crippen LogP contribution in [0.2, 0.25) is 0 Å². The van der Waals surface area contributed by atoms with E-state index in [9.17, 15) is 14.0 Å². The third-order valence-corrected chi connectivity index (χ3v) is 4.26. The van der Waals surface area contributed by atoms with E-state index in [4.69, 9.17) is 4.74 Å². The zero-order valence-electron chi connectivity index (χ0n) is 13.7. The van der Waals surface area contributed by atoms with Gasteiger partial charge in [-0.25, -0.2) is 4.39 Å². The van der Waals surface area contributed by atoms with Crippen LogP contribution in [0.3, 0.4) is 0 Å². The highest BCUT2D eigenvalue weighted by atomic mass is 19.1. The van der Waals surface area contributed by atoms with Crippen LogP contribution in [-0.2, 0) is 14.3 Å². The number of hydrogen-bond donors (Lipinski definition) is 1. The Morgan fingerprint density at radius 2 is 1.91 bits per heavy atom. The number of carbonyl (C=O) groups excluding carboxylic acids is 2. The second-order valence-corrected chi connectivity index (χ2v) is 6.17. The number of rotatable bonds is 5. The Balaban J connectivity index is 2.17. The fourth-order valence-corrected chi connectivity index (χ4v) is 3.24. The van der Waals surface area contributed by atoms with Crippen molar-refractivity contribution in [1.82, 2.24) is 10.2 Å². The normalized spacial score (nSPS) is 23.6. The summed E-state index contributed by atoms with van der Waals surface area (Å²) in [5.41, 5.74) is 0.926. The summed E-state index contributed by atoms with van der Waals surface area (Å²) in [6.45, 7) is 0.00398. The Labute approximate surface area is 135 Å². The van der Waals surface area contributed by atoms with Crippen molar-refractivity contribution in [2.24, 2.45) is 5.92 Å². The van der Waals surface area contributed by atoms with Gasteiger partial charge in [0.2, 0.25) is 11.8 Å². The number of carbonyl (C=O) groups is 2. The molecule has 1 fully saturated rings. The molecule has 5 nitrogen and oxygen atoms in total. The molecule has 0 radical (unpaired) electrons. The van der Waals surface area contributed by atoms with E-state index in [2.05, 4.69) is 5.32 Å². The first-order valence-corrected chi connectivity index (χ1v) is 7.67. The summed E-state index contributed by atoms with van der Waals surface area (Å²) >= 11 is 0. The molecule has 0 unspecified atom stereocenters. The van der Waals surface area contributed by atoms with Crippen LogP contribution in [0.1, 0.15) is 24.3 Å². The molecular formula is C17H23FN2O3. The number of methoxy groups -OCH3 is 1. The molecule has 1 aromatic carbocycles. The lowest BCUT2D eigenvalue weighted by Gasteiger charge is -2.22. The highest BCUT2D eigenvalue weighted by Gasteiger charge is 2.40. The van der Waals surface area contributed by atoms with Gasteiger partial charge in [-0.15, -0.1) is 0 Å². The zero-order valence-corrected chi connectivity index (χ0v) is 13.7. The van der Waals surface area contributed by atoms with Gasteiger partial charge in [0.1, 0.15) is 12.4 Å². The first-order chi connectivity index (χ1) is 10.9. The van der Waals surface area contributed by atoms with E-state index in [0.29, 0.717) is 12.8 Å². The summed E-state index contributed by atoms with van der Waals surface area (Å²) in [5.74, 6) is -0.704. The Bertz CT molecular complexity index is 559. The van der Waals surface area contributed by atoms with Crippen molar-refractivity contribution in [2.75, 3.05) is 27.8 Å². The Morgan fingerprint density at radius 3 is 2.48 bits per heavy atom. The van der Waals surface area contributed by atoms with Crippen LogP contribution in [0, 0.1) is 11.7 Å². The standard InChI is InChI=1S/C17H23FN2O3/c1-20(2)17(22)15-9-13(19-16(21)10-23-3)8-14(15)11-4-6-12(18)7-5-11/h4-7,13-15H,8-10H2,1-3H3,(H,19,21)/t13-,14+,15-/m0/s1. The molecule has 2 rings (SSSR count). The van der Waals surface area contributed by atoms with Crippen molar-refractivity contribution in [3.8, 4) is 0 Å². The first kappa shape index (κ1) is 17.4. The molecule has 0 aliphatic heterocycles. The number of halogens is 1. The van der Waals surface area contributed by atoms with Crippen molar-refractivity contribution in [2.45, 2.75) is 24.8 Å². The van der Waals surface area contributed by atoms with E-state index < -0.39 is 0 Å². The van der Waals surface area contributed by atoms with Gasteiger partial charge in [-0.3, -0.25) is 9.59 Å². The van der Waals surface area contributed by atoms with E-state index in [-0.39, 0.29) is 42.1 Å². The maximum Gasteiger partial charge on any atom is 0.246 e. The predicted octanol–water partition coefficient (Wildman–Crippen LogP) is 1.54. The summed E-state index contributed by atoms with van der Waals surface area (Å²) in [4.78, 5) is 25.8. The SMILES string of the molecule is COCC(=O)N[C@@H]1C[C@H](C(=O)N(C)C)[C@@H](c2ccc(F)cc2)C1. The zero-order chi connectivity index (χ0) is 17.0. The second kappa shape index (κ2) is 7.55. The number of nitrogens with one attached hydrogen (secondary N) is 1. The molecule has 23 heavy (non-hydrogen) atoms. The van der Waals surface area contributed by atoms with Crippen LogP contribution in [0.5, 0.6) is 0 Å². The molecule has 2 amide bonds. The quantitative estimate of drug-likeness (QED) is 0.894. The molecule has 1 aliphatic rings. The fraction of sp³-hybridized carbons (Fsp3) is 0.529. The monoisotopic (exact) mass is 322 g/mol. The smallest absolute Gasteiger partial charge is 0.246 e. The van der Waals surface area contributed by atoms with Gasteiger partial charge >= 0.3 is 0 Å². The van der Waals surface area contributed by atoms with Gasteiger partial charge in [0.15, 0.2) is 0 Å². The molecule has 1 aromatic rings. The molecule has 0 saturated heterocycles. The molecule has 0 heterocycles. The summed E-state index contributed by atoms with van der Waals surface area (Å²) in [6, 6.07) is 6.17. The summed E-state index contributed by atoms with van der Waals surface area (Å²) < 4.78 is 18.0. The molecule has 3 atom stereocenters. The lowest BCUT2D eigenvalue weighted by molar-refractivity contribution is -0.133. The molecule has 1 saturated carbocycles. The van der Waals surface area contributed by atoms with E-state index >= 15 is 0 Å². The average Bonchev–Trinajstić information content (AvgIpc) is 2.90. The minimum atomic E-state index is -0.299. The number of nitrogens with zero attached hydrogens (tertiary/aromatic N) is 1. The second-order valence-electron chi connectivity index (χ2n) is 6.17. The molecule has 0 aromatic heterocycles. The Kier molecular flexibility index (Phi) is 5.71. The van der Waals surface area contributed by atoms with Gasteiger partial charge in [0.05, 0.1) is 0 Å². The van der Waals surface area contributed by atoms with Crippen LogP contribution in [0.4, 0.5) is 4.39 Å². The third kappa shape index (κ3) is 4.28. The van der Waals surface area contributed by atoms with Crippen LogP contribution in [0.25, 0.3) is 0 Å². The molecular weight excluding hydrogens is 299 g/mol. The summed E-state index contributed by atoms with van der Waals surface area (Å²) in [6.07, 6.45) is 1.24. The number of amides is 2. The first-order valence-electron chi connectivity index (χ1n) is 7.67. The van der Waals surface area contributed by atoms with Crippen LogP contribution in [-0.4, -0.2) is 50.6 Å². The Morgan fingerprint density at radius 1 is 1.26 bits per heavy atom. The van der Waals surface area contributed by atoms with Gasteiger partial charge in [-0.2, -0.15) is 0 Å². The molecule has 126 valence electrons. The van der Waals surface area contributed by atoms with Gasteiger partial charge in [0, 0.05) is 33.2 Å². The third-order valence-electron chi connectivity index (χ3n) is 4.26. The van der Waals surface area contributed by atoms with E-state index in [0.717, 1.165) is 5.56 Å². The van der Waals surface area contributed by atoms with Gasteiger partial charge in [-0.1, -0.05) is 12.1 Å². The Hall–Kier alpha value is -1.95.